The van der Waals surface area contributed by atoms with Crippen LogP contribution in [0.2, 0.25) is 0 Å². The molecule has 0 aromatic heterocycles. The molecule has 0 amide bonds. The molecule has 0 saturated heterocycles. The first kappa shape index (κ1) is 40.5. The second-order valence-electron chi connectivity index (χ2n) is 17.2. The van der Waals surface area contributed by atoms with Crippen molar-refractivity contribution in [2.75, 3.05) is 41.3 Å². The first-order valence-corrected chi connectivity index (χ1v) is 17.1. The van der Waals surface area contributed by atoms with Gasteiger partial charge in [0.2, 0.25) is 0 Å². The van der Waals surface area contributed by atoms with Crippen LogP contribution in [0, 0.1) is 34.5 Å². The summed E-state index contributed by atoms with van der Waals surface area (Å²) in [6, 6.07) is 1.54. The summed E-state index contributed by atoms with van der Waals surface area (Å²) in [7, 11) is 9.99. The number of rotatable bonds is 15. The number of halogens is 2. The van der Waals surface area contributed by atoms with Gasteiger partial charge in [-0.2, -0.15) is 0 Å². The highest BCUT2D eigenvalue weighted by Gasteiger charge is 2.38. The predicted molar refractivity (Wildman–Crippen MR) is 170 cm³/mol. The van der Waals surface area contributed by atoms with E-state index in [1.54, 1.807) is 0 Å². The summed E-state index contributed by atoms with van der Waals surface area (Å²) in [5.41, 5.74) is 1.09. The highest BCUT2D eigenvalue weighted by Crippen LogP contribution is 2.47. The average molecular weight is 606 g/mol. The fourth-order valence-electron chi connectivity index (χ4n) is 8.80. The molecule has 6 unspecified atom stereocenters. The zero-order chi connectivity index (χ0) is 28.8. The third-order valence-corrected chi connectivity index (χ3v) is 12.7. The molecule has 4 heteroatoms. The van der Waals surface area contributed by atoms with Crippen LogP contribution in [0.15, 0.2) is 0 Å². The van der Waals surface area contributed by atoms with Gasteiger partial charge in [-0.3, -0.25) is 0 Å². The van der Waals surface area contributed by atoms with Crippen molar-refractivity contribution < 1.29 is 33.8 Å². The Morgan fingerprint density at radius 2 is 0.925 bits per heavy atom. The molecule has 40 heavy (non-hydrogen) atoms. The summed E-state index contributed by atoms with van der Waals surface area (Å²) in [6.07, 6.45) is 19.9. The molecule has 0 aromatic carbocycles. The Labute approximate surface area is 266 Å². The molecule has 0 bridgehead atoms. The predicted octanol–water partition coefficient (Wildman–Crippen LogP) is 3.97. The lowest BCUT2D eigenvalue weighted by atomic mass is 9.62. The van der Waals surface area contributed by atoms with Crippen molar-refractivity contribution >= 4 is 0 Å². The highest BCUT2D eigenvalue weighted by atomic mass is 35.5. The summed E-state index contributed by atoms with van der Waals surface area (Å²) in [6.45, 7) is 22.9. The number of unbranched alkanes of at least 4 members (excludes halogenated alkanes) is 3. The topological polar surface area (TPSA) is 0 Å². The van der Waals surface area contributed by atoms with Crippen LogP contribution < -0.4 is 24.8 Å². The molecule has 2 rings (SSSR count). The van der Waals surface area contributed by atoms with Crippen LogP contribution in [-0.4, -0.2) is 62.3 Å². The van der Waals surface area contributed by atoms with E-state index in [1.807, 2.05) is 0 Å². The van der Waals surface area contributed by atoms with Crippen LogP contribution in [0.3, 0.4) is 0 Å². The third-order valence-electron chi connectivity index (χ3n) is 12.7. The second-order valence-corrected chi connectivity index (χ2v) is 17.2. The summed E-state index contributed by atoms with van der Waals surface area (Å²) < 4.78 is 2.41. The Morgan fingerprint density at radius 3 is 1.23 bits per heavy atom. The molecule has 0 N–H and O–H groups in total. The molecule has 2 nitrogen and oxygen atoms in total. The van der Waals surface area contributed by atoms with Crippen molar-refractivity contribution in [2.45, 2.75) is 157 Å². The normalized spacial score (nSPS) is 28.2. The van der Waals surface area contributed by atoms with Crippen LogP contribution in [-0.2, 0) is 0 Å². The van der Waals surface area contributed by atoms with E-state index in [9.17, 15) is 0 Å². The van der Waals surface area contributed by atoms with E-state index in [0.29, 0.717) is 10.8 Å². The summed E-state index contributed by atoms with van der Waals surface area (Å²) >= 11 is 0. The molecule has 2 fully saturated rings. The molecule has 6 atom stereocenters. The molecule has 0 radical (unpaired) electrons. The molecule has 2 saturated carbocycles. The fourth-order valence-corrected chi connectivity index (χ4v) is 8.80. The monoisotopic (exact) mass is 605 g/mol. The second kappa shape index (κ2) is 17.1. The fraction of sp³-hybridized carbons (Fsp3) is 1.00. The standard InChI is InChI=1S/C36H74N2.2ClH/c1-29-19-17-25-35(5,6)33(29)23-21-31(3)37(9,10)27-15-13-14-16-28-38(11,12)32(4)22-24-34-30(2)20-18-26-36(34,7)8;;/h29-34H,13-28H2,1-12H3;2*1H/q+2;;/p-2. The SMILES string of the molecule is CC1CCCC(C)(C)C1CCC(C)[N+](C)(C)CCCCCC[N+](C)(C)C(C)CCC1C(C)CCCC1(C)C.[Cl-].[Cl-]. The van der Waals surface area contributed by atoms with Gasteiger partial charge in [-0.05, 0) is 113 Å². The Kier molecular flexibility index (Phi) is 17.3. The van der Waals surface area contributed by atoms with Crippen molar-refractivity contribution in [2.24, 2.45) is 34.5 Å². The van der Waals surface area contributed by atoms with Gasteiger partial charge in [0.1, 0.15) is 0 Å². The van der Waals surface area contributed by atoms with Gasteiger partial charge in [0.05, 0.1) is 53.4 Å². The number of hydrogen-bond donors (Lipinski definition) is 0. The molecule has 2 aliphatic rings. The molecular formula is C36H74Cl2N2. The minimum atomic E-state index is 0. The largest absolute Gasteiger partial charge is 1.00 e. The molecule has 242 valence electrons. The first-order chi connectivity index (χ1) is 17.5. The van der Waals surface area contributed by atoms with Crippen LogP contribution in [0.1, 0.15) is 145 Å². The van der Waals surface area contributed by atoms with Gasteiger partial charge in [0.25, 0.3) is 0 Å². The zero-order valence-electron chi connectivity index (χ0n) is 29.4. The van der Waals surface area contributed by atoms with Crippen molar-refractivity contribution in [3.63, 3.8) is 0 Å². The van der Waals surface area contributed by atoms with Gasteiger partial charge in [0.15, 0.2) is 0 Å². The third kappa shape index (κ3) is 11.9. The van der Waals surface area contributed by atoms with E-state index in [0.717, 1.165) is 35.8 Å². The van der Waals surface area contributed by atoms with Crippen LogP contribution in [0.5, 0.6) is 0 Å². The zero-order valence-corrected chi connectivity index (χ0v) is 30.9. The van der Waals surface area contributed by atoms with Gasteiger partial charge < -0.3 is 33.8 Å². The van der Waals surface area contributed by atoms with Gasteiger partial charge in [-0.1, -0.05) is 67.2 Å². The summed E-state index contributed by atoms with van der Waals surface area (Å²) in [5, 5.41) is 0. The van der Waals surface area contributed by atoms with E-state index < -0.39 is 0 Å². The van der Waals surface area contributed by atoms with Crippen LogP contribution in [0.25, 0.3) is 0 Å². The maximum absolute atomic E-state index is 2.54. The van der Waals surface area contributed by atoms with E-state index in [2.05, 4.69) is 83.6 Å². The van der Waals surface area contributed by atoms with E-state index in [4.69, 9.17) is 0 Å². The molecule has 0 heterocycles. The van der Waals surface area contributed by atoms with Crippen LogP contribution in [0.4, 0.5) is 0 Å². The van der Waals surface area contributed by atoms with Gasteiger partial charge >= 0.3 is 0 Å². The Morgan fingerprint density at radius 1 is 0.600 bits per heavy atom. The smallest absolute Gasteiger partial charge is 0.0857 e. The number of nitrogens with zero attached hydrogens (tertiary/aromatic N) is 2. The summed E-state index contributed by atoms with van der Waals surface area (Å²) in [4.78, 5) is 0. The lowest BCUT2D eigenvalue weighted by molar-refractivity contribution is -0.914. The van der Waals surface area contributed by atoms with Crippen molar-refractivity contribution in [1.29, 1.82) is 0 Å². The molecule has 2 aliphatic carbocycles. The lowest BCUT2D eigenvalue weighted by Crippen LogP contribution is -3.00. The maximum atomic E-state index is 2.54. The van der Waals surface area contributed by atoms with Crippen molar-refractivity contribution in [3.05, 3.63) is 0 Å². The number of quaternary nitrogens is 2. The molecule has 0 aromatic rings. The van der Waals surface area contributed by atoms with E-state index in [1.165, 1.54) is 112 Å². The molecule has 0 spiro atoms. The van der Waals surface area contributed by atoms with Crippen molar-refractivity contribution in [3.8, 4) is 0 Å². The Hall–Kier alpha value is 0.500. The average Bonchev–Trinajstić information content (AvgIpc) is 2.79. The quantitative estimate of drug-likeness (QED) is 0.196. The summed E-state index contributed by atoms with van der Waals surface area (Å²) in [5.74, 6) is 3.66. The highest BCUT2D eigenvalue weighted by molar-refractivity contribution is 4.87. The van der Waals surface area contributed by atoms with Crippen LogP contribution >= 0.6 is 0 Å². The molecule has 0 aliphatic heterocycles. The van der Waals surface area contributed by atoms with E-state index >= 15 is 0 Å². The minimum Gasteiger partial charge on any atom is -1.00 e. The van der Waals surface area contributed by atoms with Gasteiger partial charge in [-0.15, -0.1) is 0 Å². The Balaban J connectivity index is 0.00000760. The number of hydrogen-bond acceptors (Lipinski definition) is 0. The van der Waals surface area contributed by atoms with E-state index in [-0.39, 0.29) is 24.8 Å². The van der Waals surface area contributed by atoms with Gasteiger partial charge in [-0.25, -0.2) is 0 Å². The molecular weight excluding hydrogens is 531 g/mol. The van der Waals surface area contributed by atoms with Crippen molar-refractivity contribution in [1.82, 2.24) is 0 Å². The first-order valence-electron chi connectivity index (χ1n) is 17.1. The van der Waals surface area contributed by atoms with Gasteiger partial charge in [0, 0.05) is 0 Å². The minimum absolute atomic E-state index is 0. The maximum Gasteiger partial charge on any atom is 0.0857 e. The lowest BCUT2D eigenvalue weighted by Gasteiger charge is -2.44. The Bertz CT molecular complexity index is 628.